The molecule has 0 unspecified atom stereocenters. The third-order valence-corrected chi connectivity index (χ3v) is 4.71. The van der Waals surface area contributed by atoms with Crippen LogP contribution in [0.1, 0.15) is 12.1 Å². The van der Waals surface area contributed by atoms with Crippen LogP contribution >= 0.6 is 0 Å². The van der Waals surface area contributed by atoms with Crippen molar-refractivity contribution in [3.63, 3.8) is 0 Å². The molecule has 1 aliphatic rings. The quantitative estimate of drug-likeness (QED) is 0.659. The highest BCUT2D eigenvalue weighted by atomic mass is 16.5. The van der Waals surface area contributed by atoms with Crippen LogP contribution in [0.4, 0.5) is 11.6 Å². The number of likely N-dealkylation sites (N-methyl/N-ethyl adjacent to an activating group) is 1. The molecule has 1 aliphatic heterocycles. The van der Waals surface area contributed by atoms with Gasteiger partial charge < -0.3 is 19.7 Å². The minimum absolute atomic E-state index is 0.201. The van der Waals surface area contributed by atoms with Crippen molar-refractivity contribution in [1.82, 2.24) is 25.1 Å². The van der Waals surface area contributed by atoms with Gasteiger partial charge in [0.05, 0.1) is 25.2 Å². The van der Waals surface area contributed by atoms with E-state index in [1.54, 1.807) is 7.11 Å². The van der Waals surface area contributed by atoms with Gasteiger partial charge in [-0.3, -0.25) is 5.10 Å². The first-order valence-electron chi connectivity index (χ1n) is 9.23. The van der Waals surface area contributed by atoms with Crippen LogP contribution in [0.2, 0.25) is 0 Å². The maximum Gasteiger partial charge on any atom is 0.158 e. The molecule has 0 bridgehead atoms. The van der Waals surface area contributed by atoms with Crippen molar-refractivity contribution < 1.29 is 9.47 Å². The van der Waals surface area contributed by atoms with Crippen molar-refractivity contribution in [2.45, 2.75) is 12.5 Å². The number of anilines is 2. The number of likely N-dealkylation sites (tertiary alicyclic amines) is 1. The van der Waals surface area contributed by atoms with Crippen molar-refractivity contribution in [2.75, 3.05) is 32.6 Å². The standard InChI is InChI=1S/C20H21N7O2/c1-27-6-5-15(12-27)29-14-3-4-16(18(7-14)28-2)17-8-19(26-25-17)24-20-11-22-13(9-21)10-23-20/h3-4,7-8,10-11,15H,5-6,12H2,1-2H3,(H2,23,24,25,26)/t15-/m0/s1. The zero-order valence-electron chi connectivity index (χ0n) is 16.2. The van der Waals surface area contributed by atoms with Crippen LogP contribution in [-0.4, -0.2) is 58.4 Å². The van der Waals surface area contributed by atoms with Gasteiger partial charge in [0, 0.05) is 30.8 Å². The van der Waals surface area contributed by atoms with Crippen LogP contribution in [0.15, 0.2) is 36.7 Å². The highest BCUT2D eigenvalue weighted by Crippen LogP contribution is 2.34. The molecule has 0 amide bonds. The molecule has 1 aromatic carbocycles. The number of H-pyrrole nitrogens is 1. The van der Waals surface area contributed by atoms with Crippen molar-refractivity contribution in [2.24, 2.45) is 0 Å². The summed E-state index contributed by atoms with van der Waals surface area (Å²) in [5, 5.41) is 19.1. The fraction of sp³-hybridized carbons (Fsp3) is 0.300. The maximum absolute atomic E-state index is 8.79. The van der Waals surface area contributed by atoms with Gasteiger partial charge in [0.15, 0.2) is 11.5 Å². The van der Waals surface area contributed by atoms with Gasteiger partial charge in [-0.2, -0.15) is 10.4 Å². The minimum atomic E-state index is 0.201. The summed E-state index contributed by atoms with van der Waals surface area (Å²) in [4.78, 5) is 10.4. The van der Waals surface area contributed by atoms with E-state index in [-0.39, 0.29) is 11.8 Å². The van der Waals surface area contributed by atoms with E-state index >= 15 is 0 Å². The molecule has 4 rings (SSSR count). The number of hydrogen-bond acceptors (Lipinski definition) is 8. The zero-order valence-corrected chi connectivity index (χ0v) is 16.2. The fourth-order valence-electron chi connectivity index (χ4n) is 3.26. The Kier molecular flexibility index (Phi) is 5.27. The number of benzene rings is 1. The lowest BCUT2D eigenvalue weighted by Gasteiger charge is -2.15. The molecule has 1 atom stereocenters. The second-order valence-electron chi connectivity index (χ2n) is 6.84. The smallest absolute Gasteiger partial charge is 0.158 e. The van der Waals surface area contributed by atoms with Crippen LogP contribution in [-0.2, 0) is 0 Å². The summed E-state index contributed by atoms with van der Waals surface area (Å²) in [7, 11) is 3.73. The molecule has 29 heavy (non-hydrogen) atoms. The molecule has 0 radical (unpaired) electrons. The number of rotatable bonds is 6. The van der Waals surface area contributed by atoms with Crippen LogP contribution in [0.5, 0.6) is 11.5 Å². The summed E-state index contributed by atoms with van der Waals surface area (Å²) in [6.45, 7) is 1.98. The van der Waals surface area contributed by atoms with Gasteiger partial charge in [0.2, 0.25) is 0 Å². The van der Waals surface area contributed by atoms with E-state index in [1.165, 1.54) is 12.4 Å². The number of hydrogen-bond donors (Lipinski definition) is 2. The lowest BCUT2D eigenvalue weighted by atomic mass is 10.1. The third kappa shape index (κ3) is 4.28. The Balaban J connectivity index is 1.49. The molecule has 9 heteroatoms. The van der Waals surface area contributed by atoms with Gasteiger partial charge in [-0.15, -0.1) is 0 Å². The van der Waals surface area contributed by atoms with Gasteiger partial charge in [-0.25, -0.2) is 9.97 Å². The Morgan fingerprint density at radius 2 is 2.14 bits per heavy atom. The van der Waals surface area contributed by atoms with Gasteiger partial charge in [-0.05, 0) is 25.6 Å². The van der Waals surface area contributed by atoms with Crippen LogP contribution in [0, 0.1) is 11.3 Å². The van der Waals surface area contributed by atoms with Crippen LogP contribution < -0.4 is 14.8 Å². The molecule has 2 aromatic heterocycles. The van der Waals surface area contributed by atoms with Gasteiger partial charge in [0.25, 0.3) is 0 Å². The van der Waals surface area contributed by atoms with Gasteiger partial charge in [0.1, 0.15) is 29.5 Å². The number of nitrogens with one attached hydrogen (secondary N) is 2. The van der Waals surface area contributed by atoms with Crippen LogP contribution in [0.3, 0.4) is 0 Å². The lowest BCUT2D eigenvalue weighted by Crippen LogP contribution is -2.21. The van der Waals surface area contributed by atoms with Crippen molar-refractivity contribution >= 4 is 11.6 Å². The Morgan fingerprint density at radius 3 is 2.83 bits per heavy atom. The second kappa shape index (κ2) is 8.16. The van der Waals surface area contributed by atoms with E-state index < -0.39 is 0 Å². The van der Waals surface area contributed by atoms with Crippen molar-refractivity contribution in [3.8, 4) is 28.8 Å². The number of aromatic nitrogens is 4. The lowest BCUT2D eigenvalue weighted by molar-refractivity contribution is 0.207. The monoisotopic (exact) mass is 391 g/mol. The Bertz CT molecular complexity index is 1030. The Morgan fingerprint density at radius 1 is 1.24 bits per heavy atom. The number of nitriles is 1. The molecule has 0 aliphatic carbocycles. The number of methoxy groups -OCH3 is 1. The number of ether oxygens (including phenoxy) is 2. The first-order valence-corrected chi connectivity index (χ1v) is 9.23. The van der Waals surface area contributed by atoms with E-state index in [9.17, 15) is 0 Å². The molecule has 148 valence electrons. The maximum atomic E-state index is 8.79. The van der Waals surface area contributed by atoms with E-state index in [4.69, 9.17) is 14.7 Å². The normalized spacial score (nSPS) is 16.4. The molecule has 1 fully saturated rings. The number of aromatic amines is 1. The van der Waals surface area contributed by atoms with Crippen molar-refractivity contribution in [3.05, 3.63) is 42.4 Å². The topological polar surface area (TPSA) is 112 Å². The molecule has 3 aromatic rings. The molecule has 2 N–H and O–H groups in total. The molecule has 0 spiro atoms. The van der Waals surface area contributed by atoms with E-state index in [0.29, 0.717) is 17.4 Å². The summed E-state index contributed by atoms with van der Waals surface area (Å²) in [5.74, 6) is 2.56. The van der Waals surface area contributed by atoms with Gasteiger partial charge in [-0.1, -0.05) is 0 Å². The summed E-state index contributed by atoms with van der Waals surface area (Å²) in [6.07, 6.45) is 4.11. The first-order chi connectivity index (χ1) is 14.1. The number of nitrogens with zero attached hydrogens (tertiary/aromatic N) is 5. The zero-order chi connectivity index (χ0) is 20.2. The predicted octanol–water partition coefficient (Wildman–Crippen LogP) is 2.57. The summed E-state index contributed by atoms with van der Waals surface area (Å²) in [6, 6.07) is 9.57. The predicted molar refractivity (Wildman–Crippen MR) is 107 cm³/mol. The Hall–Kier alpha value is -3.64. The summed E-state index contributed by atoms with van der Waals surface area (Å²) < 4.78 is 11.7. The largest absolute Gasteiger partial charge is 0.496 e. The molecular formula is C20H21N7O2. The molecule has 3 heterocycles. The van der Waals surface area contributed by atoms with Crippen LogP contribution in [0.25, 0.3) is 11.3 Å². The Labute approximate surface area is 168 Å². The average molecular weight is 391 g/mol. The van der Waals surface area contributed by atoms with E-state index in [1.807, 2.05) is 30.3 Å². The first kappa shape index (κ1) is 18.7. The van der Waals surface area contributed by atoms with E-state index in [0.717, 1.165) is 36.5 Å². The summed E-state index contributed by atoms with van der Waals surface area (Å²) >= 11 is 0. The van der Waals surface area contributed by atoms with Gasteiger partial charge >= 0.3 is 0 Å². The SMILES string of the molecule is COc1cc(O[C@H]2CCN(C)C2)ccc1-c1cc(Nc2cnc(C#N)cn2)n[nH]1. The van der Waals surface area contributed by atoms with Crippen molar-refractivity contribution in [1.29, 1.82) is 5.26 Å². The summed E-state index contributed by atoms with van der Waals surface area (Å²) in [5.41, 5.74) is 1.92. The fourth-order valence-corrected chi connectivity index (χ4v) is 3.26. The molecule has 1 saturated heterocycles. The highest BCUT2D eigenvalue weighted by Gasteiger charge is 2.21. The third-order valence-electron chi connectivity index (χ3n) is 4.71. The highest BCUT2D eigenvalue weighted by molar-refractivity contribution is 5.71. The van der Waals surface area contributed by atoms with E-state index in [2.05, 4.69) is 37.4 Å². The average Bonchev–Trinajstić information content (AvgIpc) is 3.37. The molecule has 9 nitrogen and oxygen atoms in total. The minimum Gasteiger partial charge on any atom is -0.496 e. The molecular weight excluding hydrogens is 370 g/mol. The second-order valence-corrected chi connectivity index (χ2v) is 6.84. The molecule has 0 saturated carbocycles.